The van der Waals surface area contributed by atoms with E-state index in [4.69, 9.17) is 4.42 Å². The summed E-state index contributed by atoms with van der Waals surface area (Å²) in [4.78, 5) is 37.2. The van der Waals surface area contributed by atoms with Crippen molar-refractivity contribution in [3.8, 4) is 0 Å². The topological polar surface area (TPSA) is 114 Å². The van der Waals surface area contributed by atoms with E-state index in [-0.39, 0.29) is 28.9 Å². The largest absolute Gasteiger partial charge is 0.507 e. The van der Waals surface area contributed by atoms with Crippen molar-refractivity contribution in [2.75, 3.05) is 0 Å². The molecule has 1 fully saturated rings. The molecule has 1 aromatic heterocycles. The Morgan fingerprint density at radius 1 is 1.13 bits per heavy atom. The highest BCUT2D eigenvalue weighted by Crippen LogP contribution is 2.41. The molecule has 1 aliphatic rings. The van der Waals surface area contributed by atoms with Crippen LogP contribution in [0.5, 0.6) is 0 Å². The van der Waals surface area contributed by atoms with Gasteiger partial charge in [0.1, 0.15) is 17.3 Å². The highest BCUT2D eigenvalue weighted by Gasteiger charge is 2.47. The fraction of sp³-hybridized carbons (Fsp3) is 0.0909. The van der Waals surface area contributed by atoms with Crippen LogP contribution in [-0.4, -0.2) is 26.6 Å². The quantitative estimate of drug-likeness (QED) is 0.219. The standard InChI is InChI=1S/C22H15FN2O6/c23-17-9-2-1-8-16(17)19-18(20(26)13-5-3-6-14(11-13)25(29)30)21(27)22(28)24(19)12-15-7-4-10-31-15/h1-11,19,26H,12H2/t19-/m0/s1. The minimum Gasteiger partial charge on any atom is -0.507 e. The Morgan fingerprint density at radius 3 is 2.58 bits per heavy atom. The summed E-state index contributed by atoms with van der Waals surface area (Å²) in [6.07, 6.45) is 1.40. The maximum Gasteiger partial charge on any atom is 0.296 e. The van der Waals surface area contributed by atoms with Crippen molar-refractivity contribution in [1.82, 2.24) is 4.90 Å². The van der Waals surface area contributed by atoms with Gasteiger partial charge in [0.15, 0.2) is 0 Å². The number of amides is 1. The lowest BCUT2D eigenvalue weighted by Gasteiger charge is -2.24. The van der Waals surface area contributed by atoms with E-state index in [0.717, 1.165) is 11.0 Å². The Labute approximate surface area is 175 Å². The summed E-state index contributed by atoms with van der Waals surface area (Å²) in [7, 11) is 0. The van der Waals surface area contributed by atoms with E-state index in [9.17, 15) is 29.2 Å². The van der Waals surface area contributed by atoms with Gasteiger partial charge in [-0.2, -0.15) is 0 Å². The van der Waals surface area contributed by atoms with Crippen molar-refractivity contribution in [2.45, 2.75) is 12.6 Å². The molecule has 0 spiro atoms. The van der Waals surface area contributed by atoms with Gasteiger partial charge >= 0.3 is 0 Å². The fourth-order valence-corrected chi connectivity index (χ4v) is 3.56. The number of hydrogen-bond acceptors (Lipinski definition) is 6. The number of aliphatic hydroxyl groups is 1. The number of hydrogen-bond donors (Lipinski definition) is 1. The van der Waals surface area contributed by atoms with Crippen LogP contribution in [-0.2, 0) is 16.1 Å². The predicted molar refractivity (Wildman–Crippen MR) is 106 cm³/mol. The number of aliphatic hydroxyl groups excluding tert-OH is 1. The van der Waals surface area contributed by atoms with Gasteiger partial charge in [-0.1, -0.05) is 30.3 Å². The van der Waals surface area contributed by atoms with Gasteiger partial charge in [0.2, 0.25) is 0 Å². The molecule has 2 aromatic carbocycles. The molecular formula is C22H15FN2O6. The third-order valence-corrected chi connectivity index (χ3v) is 4.98. The summed E-state index contributed by atoms with van der Waals surface area (Å²) >= 11 is 0. The van der Waals surface area contributed by atoms with Crippen LogP contribution in [0, 0.1) is 15.9 Å². The van der Waals surface area contributed by atoms with Crippen molar-refractivity contribution in [2.24, 2.45) is 0 Å². The third kappa shape index (κ3) is 3.57. The lowest BCUT2D eigenvalue weighted by Crippen LogP contribution is -2.29. The molecule has 0 saturated carbocycles. The number of benzene rings is 2. The zero-order chi connectivity index (χ0) is 22.1. The molecule has 1 atom stereocenters. The Balaban J connectivity index is 1.90. The smallest absolute Gasteiger partial charge is 0.296 e. The molecule has 4 rings (SSSR count). The highest BCUT2D eigenvalue weighted by atomic mass is 19.1. The first-order valence-electron chi connectivity index (χ1n) is 9.18. The van der Waals surface area contributed by atoms with Gasteiger partial charge in [0.25, 0.3) is 17.4 Å². The molecule has 1 N–H and O–H groups in total. The zero-order valence-corrected chi connectivity index (χ0v) is 15.9. The van der Waals surface area contributed by atoms with Crippen molar-refractivity contribution >= 4 is 23.1 Å². The summed E-state index contributed by atoms with van der Waals surface area (Å²) < 4.78 is 20.0. The van der Waals surface area contributed by atoms with E-state index in [1.165, 1.54) is 42.7 Å². The average Bonchev–Trinajstić information content (AvgIpc) is 3.36. The van der Waals surface area contributed by atoms with E-state index >= 15 is 0 Å². The third-order valence-electron chi connectivity index (χ3n) is 4.98. The van der Waals surface area contributed by atoms with E-state index in [1.807, 2.05) is 0 Å². The Bertz CT molecular complexity index is 1220. The Morgan fingerprint density at radius 2 is 1.90 bits per heavy atom. The lowest BCUT2D eigenvalue weighted by atomic mass is 9.94. The van der Waals surface area contributed by atoms with E-state index in [2.05, 4.69) is 0 Å². The predicted octanol–water partition coefficient (Wildman–Crippen LogP) is 3.95. The molecule has 0 bridgehead atoms. The van der Waals surface area contributed by atoms with Crippen molar-refractivity contribution < 1.29 is 28.4 Å². The van der Waals surface area contributed by atoms with E-state index < -0.39 is 34.2 Å². The van der Waals surface area contributed by atoms with Crippen molar-refractivity contribution in [3.05, 3.63) is 105 Å². The number of nitro groups is 1. The van der Waals surface area contributed by atoms with Crippen LogP contribution in [0.3, 0.4) is 0 Å². The van der Waals surface area contributed by atoms with E-state index in [1.54, 1.807) is 18.2 Å². The SMILES string of the molecule is O=C1C(=O)N(Cc2ccco2)[C@@H](c2ccccc2F)C1=C(O)c1cccc([N+](=O)[O-])c1. The normalized spacial score (nSPS) is 17.8. The van der Waals surface area contributed by atoms with Crippen molar-refractivity contribution in [1.29, 1.82) is 0 Å². The van der Waals surface area contributed by atoms with Gasteiger partial charge in [-0.25, -0.2) is 4.39 Å². The molecule has 1 amide bonds. The number of halogens is 1. The number of likely N-dealkylation sites (tertiary alicyclic amines) is 1. The average molecular weight is 422 g/mol. The number of nitro benzene ring substituents is 1. The minimum absolute atomic E-state index is 0.000219. The Hall–Kier alpha value is -4.27. The molecule has 3 aromatic rings. The summed E-state index contributed by atoms with van der Waals surface area (Å²) in [5, 5.41) is 22.0. The number of furan rings is 1. The molecule has 156 valence electrons. The molecule has 0 radical (unpaired) electrons. The maximum absolute atomic E-state index is 14.7. The van der Waals surface area contributed by atoms with Crippen LogP contribution in [0.1, 0.15) is 22.9 Å². The first-order valence-corrected chi connectivity index (χ1v) is 9.18. The van der Waals surface area contributed by atoms with Crippen molar-refractivity contribution in [3.63, 3.8) is 0 Å². The molecule has 0 aliphatic carbocycles. The maximum atomic E-state index is 14.7. The number of ketones is 1. The van der Waals surface area contributed by atoms with Gasteiger partial charge in [-0.05, 0) is 18.2 Å². The summed E-state index contributed by atoms with van der Waals surface area (Å²) in [6, 6.07) is 12.5. The van der Waals surface area contributed by atoms with Gasteiger partial charge in [-0.3, -0.25) is 19.7 Å². The molecule has 2 heterocycles. The van der Waals surface area contributed by atoms with Crippen LogP contribution >= 0.6 is 0 Å². The first kappa shape index (κ1) is 20.0. The van der Waals surface area contributed by atoms with Gasteiger partial charge in [0.05, 0.1) is 29.3 Å². The number of carbonyl (C=O) groups excluding carboxylic acids is 2. The Kier molecular flexibility index (Phi) is 5.08. The second kappa shape index (κ2) is 7.86. The number of non-ortho nitro benzene ring substituents is 1. The van der Waals surface area contributed by atoms with E-state index in [0.29, 0.717) is 5.76 Å². The molecule has 9 heteroatoms. The molecular weight excluding hydrogens is 407 g/mol. The van der Waals surface area contributed by atoms with Crippen LogP contribution in [0.15, 0.2) is 76.9 Å². The summed E-state index contributed by atoms with van der Waals surface area (Å²) in [6.45, 7) is -0.137. The zero-order valence-electron chi connectivity index (χ0n) is 15.9. The summed E-state index contributed by atoms with van der Waals surface area (Å²) in [5.41, 5.74) is -0.703. The fourth-order valence-electron chi connectivity index (χ4n) is 3.56. The van der Waals surface area contributed by atoms with Crippen LogP contribution in [0.4, 0.5) is 10.1 Å². The van der Waals surface area contributed by atoms with Gasteiger partial charge in [-0.15, -0.1) is 0 Å². The molecule has 31 heavy (non-hydrogen) atoms. The monoisotopic (exact) mass is 422 g/mol. The lowest BCUT2D eigenvalue weighted by molar-refractivity contribution is -0.384. The molecule has 1 saturated heterocycles. The molecule has 1 aliphatic heterocycles. The molecule has 0 unspecified atom stereocenters. The summed E-state index contributed by atoms with van der Waals surface area (Å²) in [5.74, 6) is -2.92. The molecule has 8 nitrogen and oxygen atoms in total. The number of nitrogens with zero attached hydrogens (tertiary/aromatic N) is 2. The number of Topliss-reactive ketones (excluding diaryl/α,β-unsaturated/α-hetero) is 1. The number of rotatable bonds is 5. The highest BCUT2D eigenvalue weighted by molar-refractivity contribution is 6.46. The van der Waals surface area contributed by atoms with Crippen LogP contribution in [0.2, 0.25) is 0 Å². The second-order valence-corrected chi connectivity index (χ2v) is 6.84. The minimum atomic E-state index is -1.24. The first-order chi connectivity index (χ1) is 14.9. The van der Waals surface area contributed by atoms with Crippen LogP contribution in [0.25, 0.3) is 5.76 Å². The van der Waals surface area contributed by atoms with Gasteiger partial charge in [0, 0.05) is 23.3 Å². The van der Waals surface area contributed by atoms with Crippen LogP contribution < -0.4 is 0 Å². The van der Waals surface area contributed by atoms with Gasteiger partial charge < -0.3 is 14.4 Å². The second-order valence-electron chi connectivity index (χ2n) is 6.84. The number of carbonyl (C=O) groups is 2.